The lowest BCUT2D eigenvalue weighted by atomic mass is 10.2. The van der Waals surface area contributed by atoms with E-state index in [9.17, 15) is 9.90 Å². The Balaban J connectivity index is 2.53. The van der Waals surface area contributed by atoms with Crippen molar-refractivity contribution in [2.24, 2.45) is 0 Å². The summed E-state index contributed by atoms with van der Waals surface area (Å²) in [5.74, 6) is 0.655. The Morgan fingerprint density at radius 1 is 1.43 bits per heavy atom. The molecule has 1 aromatic rings. The quantitative estimate of drug-likeness (QED) is 0.724. The number of hydrogen-bond donors (Lipinski definition) is 2. The standard InChI is InChI=1S/C16H23NO3S/c1-4-20-14-8-5-13(6-9-14)7-10-16(19)17-12(2)15(11-18)21-3/h5-10,12,15,18H,4,11H2,1-3H3,(H,17,19)/b10-7+. The Morgan fingerprint density at radius 3 is 2.62 bits per heavy atom. The molecule has 0 aliphatic carbocycles. The highest BCUT2D eigenvalue weighted by Gasteiger charge is 2.15. The predicted octanol–water partition coefficient (Wildman–Crippen LogP) is 2.33. The third-order valence-corrected chi connectivity index (χ3v) is 4.19. The zero-order valence-corrected chi connectivity index (χ0v) is 13.5. The first-order valence-electron chi connectivity index (χ1n) is 6.95. The van der Waals surface area contributed by atoms with Crippen molar-refractivity contribution in [3.8, 4) is 5.75 Å². The molecular weight excluding hydrogens is 286 g/mol. The van der Waals surface area contributed by atoms with Gasteiger partial charge in [0.1, 0.15) is 5.75 Å². The fourth-order valence-corrected chi connectivity index (χ4v) is 2.44. The van der Waals surface area contributed by atoms with Crippen LogP contribution in [0.4, 0.5) is 0 Å². The van der Waals surface area contributed by atoms with Gasteiger partial charge in [-0.25, -0.2) is 0 Å². The minimum Gasteiger partial charge on any atom is -0.494 e. The molecule has 116 valence electrons. The van der Waals surface area contributed by atoms with E-state index >= 15 is 0 Å². The number of amides is 1. The molecule has 0 radical (unpaired) electrons. The van der Waals surface area contributed by atoms with Gasteiger partial charge in [-0.05, 0) is 43.9 Å². The van der Waals surface area contributed by atoms with Gasteiger partial charge < -0.3 is 15.2 Å². The first kappa shape index (κ1) is 17.6. The van der Waals surface area contributed by atoms with Crippen LogP contribution < -0.4 is 10.1 Å². The van der Waals surface area contributed by atoms with Gasteiger partial charge in [0.25, 0.3) is 0 Å². The van der Waals surface area contributed by atoms with Gasteiger partial charge in [0.2, 0.25) is 5.91 Å². The maximum Gasteiger partial charge on any atom is 0.244 e. The molecule has 2 unspecified atom stereocenters. The molecule has 0 aromatic heterocycles. The monoisotopic (exact) mass is 309 g/mol. The van der Waals surface area contributed by atoms with Gasteiger partial charge in [-0.3, -0.25) is 4.79 Å². The number of rotatable bonds is 8. The van der Waals surface area contributed by atoms with Gasteiger partial charge in [0.05, 0.1) is 13.2 Å². The van der Waals surface area contributed by atoms with Crippen molar-refractivity contribution in [1.29, 1.82) is 0 Å². The maximum absolute atomic E-state index is 11.8. The molecule has 0 spiro atoms. The summed E-state index contributed by atoms with van der Waals surface area (Å²) in [6, 6.07) is 7.47. The first-order chi connectivity index (χ1) is 10.1. The zero-order chi connectivity index (χ0) is 15.7. The third-order valence-electron chi connectivity index (χ3n) is 3.03. The molecule has 0 fully saturated rings. The van der Waals surface area contributed by atoms with Crippen LogP contribution >= 0.6 is 11.8 Å². The molecule has 0 bridgehead atoms. The van der Waals surface area contributed by atoms with Crippen LogP contribution in [0.15, 0.2) is 30.3 Å². The zero-order valence-electron chi connectivity index (χ0n) is 12.7. The number of thioether (sulfide) groups is 1. The highest BCUT2D eigenvalue weighted by Crippen LogP contribution is 2.13. The summed E-state index contributed by atoms with van der Waals surface area (Å²) in [4.78, 5) is 11.8. The Kier molecular flexibility index (Phi) is 7.93. The topological polar surface area (TPSA) is 58.6 Å². The van der Waals surface area contributed by atoms with Crippen molar-refractivity contribution in [1.82, 2.24) is 5.32 Å². The summed E-state index contributed by atoms with van der Waals surface area (Å²) in [7, 11) is 0. The molecule has 4 nitrogen and oxygen atoms in total. The summed E-state index contributed by atoms with van der Waals surface area (Å²) < 4.78 is 5.36. The second kappa shape index (κ2) is 9.47. The summed E-state index contributed by atoms with van der Waals surface area (Å²) in [6.07, 6.45) is 5.17. The van der Waals surface area contributed by atoms with Gasteiger partial charge in [0.15, 0.2) is 0 Å². The summed E-state index contributed by atoms with van der Waals surface area (Å²) in [5, 5.41) is 12.0. The minimum absolute atomic E-state index is 0.00725. The molecule has 21 heavy (non-hydrogen) atoms. The van der Waals surface area contributed by atoms with E-state index in [1.807, 2.05) is 44.4 Å². The van der Waals surface area contributed by atoms with E-state index in [1.54, 1.807) is 6.08 Å². The molecular formula is C16H23NO3S. The minimum atomic E-state index is -0.163. The van der Waals surface area contributed by atoms with Crippen molar-refractivity contribution < 1.29 is 14.6 Å². The van der Waals surface area contributed by atoms with E-state index in [-0.39, 0.29) is 23.8 Å². The summed E-state index contributed by atoms with van der Waals surface area (Å²) in [5.41, 5.74) is 0.935. The predicted molar refractivity (Wildman–Crippen MR) is 88.6 cm³/mol. The van der Waals surface area contributed by atoms with Crippen LogP contribution in [0, 0.1) is 0 Å². The fraction of sp³-hybridized carbons (Fsp3) is 0.438. The molecule has 2 atom stereocenters. The van der Waals surface area contributed by atoms with Crippen LogP contribution in [-0.4, -0.2) is 41.8 Å². The number of ether oxygens (including phenoxy) is 1. The molecule has 0 aliphatic rings. The number of carbonyl (C=O) groups is 1. The Bertz CT molecular complexity index is 455. The van der Waals surface area contributed by atoms with Crippen LogP contribution in [0.1, 0.15) is 19.4 Å². The van der Waals surface area contributed by atoms with Gasteiger partial charge in [-0.1, -0.05) is 12.1 Å². The van der Waals surface area contributed by atoms with E-state index in [1.165, 1.54) is 17.8 Å². The summed E-state index contributed by atoms with van der Waals surface area (Å²) >= 11 is 1.54. The van der Waals surface area contributed by atoms with Gasteiger partial charge in [-0.2, -0.15) is 11.8 Å². The molecule has 0 saturated carbocycles. The Labute approximate surface area is 130 Å². The molecule has 2 N–H and O–H groups in total. The van der Waals surface area contributed by atoms with Crippen LogP contribution in [0.2, 0.25) is 0 Å². The molecule has 0 heterocycles. The van der Waals surface area contributed by atoms with Crippen LogP contribution in [0.5, 0.6) is 5.75 Å². The largest absolute Gasteiger partial charge is 0.494 e. The molecule has 5 heteroatoms. The van der Waals surface area contributed by atoms with Crippen LogP contribution in [0.25, 0.3) is 6.08 Å². The highest BCUT2D eigenvalue weighted by atomic mass is 32.2. The summed E-state index contributed by atoms with van der Waals surface area (Å²) in [6.45, 7) is 4.51. The van der Waals surface area contributed by atoms with E-state index in [0.29, 0.717) is 6.61 Å². The second-order valence-electron chi connectivity index (χ2n) is 4.59. The van der Waals surface area contributed by atoms with E-state index in [0.717, 1.165) is 11.3 Å². The fourth-order valence-electron chi connectivity index (χ4n) is 1.82. The second-order valence-corrected chi connectivity index (χ2v) is 5.67. The third kappa shape index (κ3) is 6.23. The van der Waals surface area contributed by atoms with Crippen molar-refractivity contribution in [3.63, 3.8) is 0 Å². The van der Waals surface area contributed by atoms with Crippen molar-refractivity contribution in [3.05, 3.63) is 35.9 Å². The lowest BCUT2D eigenvalue weighted by Crippen LogP contribution is -2.40. The molecule has 1 amide bonds. The highest BCUT2D eigenvalue weighted by molar-refractivity contribution is 7.99. The number of nitrogens with one attached hydrogen (secondary N) is 1. The normalized spacial score (nSPS) is 13.9. The number of carbonyl (C=O) groups excluding carboxylic acids is 1. The maximum atomic E-state index is 11.8. The number of hydrogen-bond acceptors (Lipinski definition) is 4. The van der Waals surface area contributed by atoms with Crippen LogP contribution in [0.3, 0.4) is 0 Å². The Hall–Kier alpha value is -1.46. The van der Waals surface area contributed by atoms with Crippen molar-refractivity contribution in [2.75, 3.05) is 19.5 Å². The van der Waals surface area contributed by atoms with Gasteiger partial charge in [0, 0.05) is 17.4 Å². The number of aliphatic hydroxyl groups is 1. The lowest BCUT2D eigenvalue weighted by Gasteiger charge is -2.20. The van der Waals surface area contributed by atoms with E-state index in [4.69, 9.17) is 4.74 Å². The first-order valence-corrected chi connectivity index (χ1v) is 8.24. The van der Waals surface area contributed by atoms with Gasteiger partial charge in [-0.15, -0.1) is 0 Å². The average Bonchev–Trinajstić information content (AvgIpc) is 2.48. The Morgan fingerprint density at radius 2 is 2.10 bits per heavy atom. The SMILES string of the molecule is CCOc1ccc(/C=C/C(=O)NC(C)C(CO)SC)cc1. The number of aliphatic hydroxyl groups excluding tert-OH is 1. The van der Waals surface area contributed by atoms with Crippen LogP contribution in [-0.2, 0) is 4.79 Å². The van der Waals surface area contributed by atoms with Crippen molar-refractivity contribution >= 4 is 23.7 Å². The van der Waals surface area contributed by atoms with E-state index < -0.39 is 0 Å². The lowest BCUT2D eigenvalue weighted by molar-refractivity contribution is -0.117. The van der Waals surface area contributed by atoms with Crippen molar-refractivity contribution in [2.45, 2.75) is 25.1 Å². The molecule has 0 saturated heterocycles. The van der Waals surface area contributed by atoms with E-state index in [2.05, 4.69) is 5.32 Å². The molecule has 0 aliphatic heterocycles. The van der Waals surface area contributed by atoms with Gasteiger partial charge >= 0.3 is 0 Å². The number of benzene rings is 1. The average molecular weight is 309 g/mol. The molecule has 1 rings (SSSR count). The smallest absolute Gasteiger partial charge is 0.244 e. The molecule has 1 aromatic carbocycles.